The molecule has 1 aromatic rings. The molecule has 0 spiro atoms. The Labute approximate surface area is 90.4 Å². The Balaban J connectivity index is 3.27. The van der Waals surface area contributed by atoms with E-state index in [0.717, 1.165) is 0 Å². The summed E-state index contributed by atoms with van der Waals surface area (Å²) in [6.45, 7) is 0. The fourth-order valence-corrected chi connectivity index (χ4v) is 2.62. The van der Waals surface area contributed by atoms with Crippen LogP contribution in [0.25, 0.3) is 0 Å². The maximum Gasteiger partial charge on any atom is 0.187 e. The predicted octanol–water partition coefficient (Wildman–Crippen LogP) is 1.72. The van der Waals surface area contributed by atoms with E-state index in [1.807, 2.05) is 6.07 Å². The molecule has 1 aromatic carbocycles. The first-order chi connectivity index (χ1) is 6.10. The van der Waals surface area contributed by atoms with Crippen LogP contribution in [0.4, 0.5) is 0 Å². The Morgan fingerprint density at radius 2 is 2.15 bits per heavy atom. The third kappa shape index (κ3) is 2.42. The molecule has 0 atom stereocenters. The summed E-state index contributed by atoms with van der Waals surface area (Å²) in [7, 11) is -3.20. The van der Waals surface area contributed by atoms with Crippen molar-refractivity contribution < 1.29 is 8.42 Å². The molecule has 0 aliphatic rings. The van der Waals surface area contributed by atoms with Crippen molar-refractivity contribution in [2.24, 2.45) is 0 Å². The summed E-state index contributed by atoms with van der Waals surface area (Å²) in [4.78, 5) is 0.209. The van der Waals surface area contributed by atoms with E-state index in [-0.39, 0.29) is 8.66 Å². The van der Waals surface area contributed by atoms with E-state index >= 15 is 0 Å². The lowest BCUT2D eigenvalue weighted by Crippen LogP contribution is -2.01. The lowest BCUT2D eigenvalue weighted by molar-refractivity contribution is 0.601. The van der Waals surface area contributed by atoms with Crippen LogP contribution in [0.15, 0.2) is 29.2 Å². The van der Waals surface area contributed by atoms with Crippen molar-refractivity contribution in [2.75, 3.05) is 3.76 Å². The molecule has 68 valence electrons. The van der Waals surface area contributed by atoms with Crippen LogP contribution in [0.2, 0.25) is 0 Å². The van der Waals surface area contributed by atoms with Crippen LogP contribution in [0.1, 0.15) is 5.56 Å². The molecule has 3 nitrogen and oxygen atoms in total. The van der Waals surface area contributed by atoms with Gasteiger partial charge in [0, 0.05) is 0 Å². The van der Waals surface area contributed by atoms with Gasteiger partial charge >= 0.3 is 0 Å². The molecule has 0 saturated heterocycles. The summed E-state index contributed by atoms with van der Waals surface area (Å²) in [5.41, 5.74) is 0.367. The van der Waals surface area contributed by atoms with E-state index in [4.69, 9.17) is 5.26 Å². The van der Waals surface area contributed by atoms with Gasteiger partial charge in [-0.1, -0.05) is 28.7 Å². The molecule has 0 aromatic heterocycles. The molecule has 0 N–H and O–H groups in total. The van der Waals surface area contributed by atoms with Crippen molar-refractivity contribution in [3.8, 4) is 6.07 Å². The minimum absolute atomic E-state index is 0.0274. The zero-order valence-electron chi connectivity index (χ0n) is 6.57. The average molecular weight is 307 g/mol. The summed E-state index contributed by atoms with van der Waals surface area (Å²) in [6, 6.07) is 7.92. The Bertz CT molecular complexity index is 447. The summed E-state index contributed by atoms with van der Waals surface area (Å²) < 4.78 is 22.7. The van der Waals surface area contributed by atoms with Crippen LogP contribution in [0.3, 0.4) is 0 Å². The van der Waals surface area contributed by atoms with E-state index in [1.165, 1.54) is 12.1 Å². The number of sulfone groups is 1. The Hall–Kier alpha value is -0.610. The second kappa shape index (κ2) is 4.07. The first kappa shape index (κ1) is 10.5. The molecule has 0 fully saturated rings. The van der Waals surface area contributed by atoms with Crippen LogP contribution in [0, 0.1) is 11.3 Å². The SMILES string of the molecule is N#Cc1cccc(S(=O)(=O)CI)c1. The van der Waals surface area contributed by atoms with Gasteiger partial charge in [0.05, 0.1) is 16.5 Å². The summed E-state index contributed by atoms with van der Waals surface area (Å²) >= 11 is 1.79. The Kier molecular flexibility index (Phi) is 3.27. The van der Waals surface area contributed by atoms with Crippen LogP contribution in [-0.4, -0.2) is 12.2 Å². The maximum absolute atomic E-state index is 11.4. The lowest BCUT2D eigenvalue weighted by Gasteiger charge is -1.99. The number of hydrogen-bond acceptors (Lipinski definition) is 3. The topological polar surface area (TPSA) is 57.9 Å². The second-order valence-corrected chi connectivity index (χ2v) is 6.15. The van der Waals surface area contributed by atoms with Crippen LogP contribution >= 0.6 is 22.6 Å². The average Bonchev–Trinajstić information content (AvgIpc) is 2.18. The van der Waals surface area contributed by atoms with Crippen LogP contribution < -0.4 is 0 Å². The highest BCUT2D eigenvalue weighted by atomic mass is 127. The number of alkyl halides is 1. The van der Waals surface area contributed by atoms with Gasteiger partial charge < -0.3 is 0 Å². The largest absolute Gasteiger partial charge is 0.223 e. The number of halogens is 1. The minimum Gasteiger partial charge on any atom is -0.223 e. The molecule has 13 heavy (non-hydrogen) atoms. The van der Waals surface area contributed by atoms with Gasteiger partial charge in [0.1, 0.15) is 3.76 Å². The van der Waals surface area contributed by atoms with Crippen LogP contribution in [0.5, 0.6) is 0 Å². The standard InChI is InChI=1S/C8H6INO2S/c9-6-13(11,12)8-3-1-2-7(4-8)5-10/h1-4H,6H2. The zero-order valence-corrected chi connectivity index (χ0v) is 9.54. The first-order valence-corrected chi connectivity index (χ1v) is 6.57. The van der Waals surface area contributed by atoms with Gasteiger partial charge in [-0.05, 0) is 18.2 Å². The van der Waals surface area contributed by atoms with E-state index < -0.39 is 9.84 Å². The third-order valence-electron chi connectivity index (χ3n) is 1.47. The minimum atomic E-state index is -3.20. The van der Waals surface area contributed by atoms with Crippen LogP contribution in [-0.2, 0) is 9.84 Å². The molecule has 0 unspecified atom stereocenters. The van der Waals surface area contributed by atoms with Crippen molar-refractivity contribution in [2.45, 2.75) is 4.90 Å². The number of hydrogen-bond donors (Lipinski definition) is 0. The summed E-state index contributed by atoms with van der Waals surface area (Å²) in [6.07, 6.45) is 0. The molecule has 0 amide bonds. The third-order valence-corrected chi connectivity index (χ3v) is 5.19. The van der Waals surface area contributed by atoms with Crippen molar-refractivity contribution in [3.05, 3.63) is 29.8 Å². The second-order valence-electron chi connectivity index (χ2n) is 2.36. The number of benzene rings is 1. The molecule has 1 rings (SSSR count). The number of nitriles is 1. The molecular formula is C8H6INO2S. The maximum atomic E-state index is 11.4. The summed E-state index contributed by atoms with van der Waals surface area (Å²) in [5.74, 6) is 0. The van der Waals surface area contributed by atoms with Gasteiger partial charge in [0.2, 0.25) is 0 Å². The quantitative estimate of drug-likeness (QED) is 0.617. The van der Waals surface area contributed by atoms with Gasteiger partial charge in [0.25, 0.3) is 0 Å². The van der Waals surface area contributed by atoms with Gasteiger partial charge in [0.15, 0.2) is 9.84 Å². The van der Waals surface area contributed by atoms with Crippen molar-refractivity contribution in [3.63, 3.8) is 0 Å². The van der Waals surface area contributed by atoms with E-state index in [9.17, 15) is 8.42 Å². The first-order valence-electron chi connectivity index (χ1n) is 3.39. The molecule has 0 aliphatic heterocycles. The normalized spacial score (nSPS) is 10.8. The molecule has 5 heteroatoms. The number of nitrogens with zero attached hydrogens (tertiary/aromatic N) is 1. The fourth-order valence-electron chi connectivity index (χ4n) is 0.822. The van der Waals surface area contributed by atoms with Gasteiger partial charge in [-0.15, -0.1) is 0 Å². The highest BCUT2D eigenvalue weighted by Gasteiger charge is 2.11. The molecular weight excluding hydrogens is 301 g/mol. The van der Waals surface area contributed by atoms with E-state index in [1.54, 1.807) is 34.7 Å². The van der Waals surface area contributed by atoms with Crippen molar-refractivity contribution in [1.29, 1.82) is 5.26 Å². The summed E-state index contributed by atoms with van der Waals surface area (Å²) in [5, 5.41) is 8.55. The fraction of sp³-hybridized carbons (Fsp3) is 0.125. The monoisotopic (exact) mass is 307 g/mol. The van der Waals surface area contributed by atoms with Gasteiger partial charge in [-0.3, -0.25) is 0 Å². The molecule has 0 heterocycles. The highest BCUT2D eigenvalue weighted by molar-refractivity contribution is 14.1. The Morgan fingerprint density at radius 1 is 1.46 bits per heavy atom. The zero-order chi connectivity index (χ0) is 9.90. The molecule has 0 bridgehead atoms. The highest BCUT2D eigenvalue weighted by Crippen LogP contribution is 2.14. The Morgan fingerprint density at radius 3 is 2.69 bits per heavy atom. The van der Waals surface area contributed by atoms with E-state index in [2.05, 4.69) is 0 Å². The lowest BCUT2D eigenvalue weighted by atomic mass is 10.2. The smallest absolute Gasteiger partial charge is 0.187 e. The molecule has 0 saturated carbocycles. The molecule has 0 aliphatic carbocycles. The van der Waals surface area contributed by atoms with Crippen molar-refractivity contribution >= 4 is 32.4 Å². The number of rotatable bonds is 2. The van der Waals surface area contributed by atoms with Gasteiger partial charge in [-0.25, -0.2) is 8.42 Å². The molecule has 0 radical (unpaired) electrons. The predicted molar refractivity (Wildman–Crippen MR) is 57.2 cm³/mol. The van der Waals surface area contributed by atoms with Crippen molar-refractivity contribution in [1.82, 2.24) is 0 Å². The van der Waals surface area contributed by atoms with Gasteiger partial charge in [-0.2, -0.15) is 5.26 Å². The van der Waals surface area contributed by atoms with E-state index in [0.29, 0.717) is 5.56 Å².